The summed E-state index contributed by atoms with van der Waals surface area (Å²) in [6.07, 6.45) is 4.45. The highest BCUT2D eigenvalue weighted by molar-refractivity contribution is 5.86. The van der Waals surface area contributed by atoms with E-state index in [4.69, 9.17) is 14.5 Å². The maximum absolute atomic E-state index is 13.1. The number of ether oxygens (including phenoxy) is 2. The lowest BCUT2D eigenvalue weighted by molar-refractivity contribution is -0.160. The topological polar surface area (TPSA) is 88.0 Å². The molecule has 4 rings (SSSR count). The Morgan fingerprint density at radius 1 is 1.10 bits per heavy atom. The molecule has 1 atom stereocenters. The standard InChI is InChI=1S/C33H43FN4O4/c1-22-28(30(31(39)40)42-32(2,3)4)29(38-16-14-33(5,6)15-17-38)26(21-35-22)23-8-13-27(36-20-23)37(7)18-19-41-25-11-9-24(34)10-12-25/h8-13,20-21,30H,14-19H2,1-7H3,(H,39,40)/t30-/m0/s1. The summed E-state index contributed by atoms with van der Waals surface area (Å²) in [5.41, 5.74) is 3.32. The molecule has 0 aliphatic carbocycles. The van der Waals surface area contributed by atoms with Gasteiger partial charge in [0.2, 0.25) is 0 Å². The van der Waals surface area contributed by atoms with Crippen molar-refractivity contribution in [3.63, 3.8) is 0 Å². The zero-order chi connectivity index (χ0) is 30.7. The van der Waals surface area contributed by atoms with Crippen molar-refractivity contribution in [2.75, 3.05) is 43.1 Å². The monoisotopic (exact) mass is 578 g/mol. The Balaban J connectivity index is 1.64. The van der Waals surface area contributed by atoms with E-state index in [1.807, 2.05) is 58.0 Å². The smallest absolute Gasteiger partial charge is 0.337 e. The van der Waals surface area contributed by atoms with Gasteiger partial charge in [0.25, 0.3) is 0 Å². The summed E-state index contributed by atoms with van der Waals surface area (Å²) in [7, 11) is 1.93. The van der Waals surface area contributed by atoms with Gasteiger partial charge in [0.15, 0.2) is 6.10 Å². The third kappa shape index (κ3) is 7.76. The van der Waals surface area contributed by atoms with Gasteiger partial charge >= 0.3 is 5.97 Å². The first-order chi connectivity index (χ1) is 19.7. The van der Waals surface area contributed by atoms with Crippen LogP contribution >= 0.6 is 0 Å². The van der Waals surface area contributed by atoms with E-state index in [2.05, 4.69) is 23.7 Å². The summed E-state index contributed by atoms with van der Waals surface area (Å²) in [5, 5.41) is 10.3. The number of likely N-dealkylation sites (N-methyl/N-ethyl adjacent to an activating group) is 1. The third-order valence-electron chi connectivity index (χ3n) is 7.64. The predicted octanol–water partition coefficient (Wildman–Crippen LogP) is 6.67. The number of aliphatic carboxylic acids is 1. The summed E-state index contributed by atoms with van der Waals surface area (Å²) in [6.45, 7) is 14.6. The Labute approximate surface area is 248 Å². The largest absolute Gasteiger partial charge is 0.492 e. The highest BCUT2D eigenvalue weighted by atomic mass is 19.1. The van der Waals surface area contributed by atoms with Gasteiger partial charge in [-0.1, -0.05) is 13.8 Å². The fourth-order valence-corrected chi connectivity index (χ4v) is 5.11. The van der Waals surface area contributed by atoms with Crippen molar-refractivity contribution >= 4 is 17.5 Å². The van der Waals surface area contributed by atoms with Gasteiger partial charge in [-0.3, -0.25) is 4.98 Å². The number of aromatic nitrogens is 2. The molecule has 1 aliphatic heterocycles. The zero-order valence-electron chi connectivity index (χ0n) is 25.8. The average molecular weight is 579 g/mol. The van der Waals surface area contributed by atoms with Crippen LogP contribution in [0.25, 0.3) is 11.1 Å². The van der Waals surface area contributed by atoms with E-state index in [0.29, 0.717) is 30.2 Å². The SMILES string of the molecule is Cc1ncc(-c2ccc(N(C)CCOc3ccc(F)cc3)nc2)c(N2CCC(C)(C)CC2)c1[C@H](OC(C)(C)C)C(=O)O. The van der Waals surface area contributed by atoms with Crippen molar-refractivity contribution in [2.45, 2.75) is 66.1 Å². The molecule has 0 saturated carbocycles. The number of aryl methyl sites for hydroxylation is 1. The van der Waals surface area contributed by atoms with E-state index < -0.39 is 17.7 Å². The predicted molar refractivity (Wildman–Crippen MR) is 164 cm³/mol. The van der Waals surface area contributed by atoms with E-state index in [9.17, 15) is 14.3 Å². The number of rotatable bonds is 10. The molecule has 1 saturated heterocycles. The number of carboxylic acid groups (broad SMARTS) is 1. The molecule has 1 aliphatic rings. The van der Waals surface area contributed by atoms with Gasteiger partial charge in [0.1, 0.15) is 24.0 Å². The molecule has 1 aromatic carbocycles. The molecule has 3 heterocycles. The highest BCUT2D eigenvalue weighted by Gasteiger charge is 2.35. The normalized spacial score (nSPS) is 15.8. The first-order valence-corrected chi connectivity index (χ1v) is 14.4. The summed E-state index contributed by atoms with van der Waals surface area (Å²) in [5.74, 6) is 0.0395. The number of benzene rings is 1. The van der Waals surface area contributed by atoms with E-state index in [1.165, 1.54) is 12.1 Å². The van der Waals surface area contributed by atoms with Gasteiger partial charge in [-0.25, -0.2) is 14.2 Å². The van der Waals surface area contributed by atoms with Crippen molar-refractivity contribution < 1.29 is 23.8 Å². The Kier molecular flexibility index (Phi) is 9.40. The molecular weight excluding hydrogens is 535 g/mol. The fourth-order valence-electron chi connectivity index (χ4n) is 5.11. The molecule has 0 amide bonds. The Hall–Kier alpha value is -3.72. The summed E-state index contributed by atoms with van der Waals surface area (Å²) in [4.78, 5) is 26.3. The second-order valence-corrected chi connectivity index (χ2v) is 12.7. The number of hydrogen-bond acceptors (Lipinski definition) is 7. The number of anilines is 2. The molecule has 1 fully saturated rings. The van der Waals surface area contributed by atoms with Crippen LogP contribution in [-0.2, 0) is 9.53 Å². The Morgan fingerprint density at radius 3 is 2.33 bits per heavy atom. The molecule has 226 valence electrons. The molecule has 0 radical (unpaired) electrons. The maximum Gasteiger partial charge on any atom is 0.337 e. The molecule has 1 N–H and O–H groups in total. The van der Waals surface area contributed by atoms with Crippen LogP contribution in [0.4, 0.5) is 15.9 Å². The average Bonchev–Trinajstić information content (AvgIpc) is 2.92. The van der Waals surface area contributed by atoms with Gasteiger partial charge in [0, 0.05) is 54.9 Å². The number of piperidine rings is 1. The summed E-state index contributed by atoms with van der Waals surface area (Å²) >= 11 is 0. The van der Waals surface area contributed by atoms with Crippen molar-refractivity contribution in [1.82, 2.24) is 9.97 Å². The van der Waals surface area contributed by atoms with Crippen LogP contribution < -0.4 is 14.5 Å². The maximum atomic E-state index is 13.1. The van der Waals surface area contributed by atoms with Crippen LogP contribution in [0.1, 0.15) is 64.8 Å². The molecular formula is C33H43FN4O4. The molecule has 0 unspecified atom stereocenters. The van der Waals surface area contributed by atoms with E-state index >= 15 is 0 Å². The van der Waals surface area contributed by atoms with Crippen LogP contribution in [0.5, 0.6) is 5.75 Å². The molecule has 2 aromatic heterocycles. The van der Waals surface area contributed by atoms with Crippen LogP contribution in [0.15, 0.2) is 48.8 Å². The molecule has 42 heavy (non-hydrogen) atoms. The van der Waals surface area contributed by atoms with Crippen LogP contribution in [0, 0.1) is 18.2 Å². The molecule has 8 nitrogen and oxygen atoms in total. The first kappa shape index (κ1) is 31.2. The minimum Gasteiger partial charge on any atom is -0.492 e. The lowest BCUT2D eigenvalue weighted by atomic mass is 9.82. The minimum absolute atomic E-state index is 0.223. The number of hydrogen-bond donors (Lipinski definition) is 1. The van der Waals surface area contributed by atoms with Gasteiger partial charge in [-0.15, -0.1) is 0 Å². The minimum atomic E-state index is -1.16. The van der Waals surface area contributed by atoms with Gasteiger partial charge < -0.3 is 24.4 Å². The zero-order valence-corrected chi connectivity index (χ0v) is 25.8. The van der Waals surface area contributed by atoms with Gasteiger partial charge in [-0.05, 0) is 82.3 Å². The van der Waals surface area contributed by atoms with E-state index in [0.717, 1.165) is 48.6 Å². The number of halogens is 1. The van der Waals surface area contributed by atoms with Crippen molar-refractivity contribution in [3.8, 4) is 16.9 Å². The van der Waals surface area contributed by atoms with Crippen LogP contribution in [-0.4, -0.2) is 59.9 Å². The Bertz CT molecular complexity index is 1360. The van der Waals surface area contributed by atoms with Crippen LogP contribution in [0.2, 0.25) is 0 Å². The van der Waals surface area contributed by atoms with E-state index in [1.54, 1.807) is 18.3 Å². The molecule has 9 heteroatoms. The third-order valence-corrected chi connectivity index (χ3v) is 7.64. The van der Waals surface area contributed by atoms with Crippen molar-refractivity contribution in [2.24, 2.45) is 5.41 Å². The molecule has 0 spiro atoms. The summed E-state index contributed by atoms with van der Waals surface area (Å²) < 4.78 is 25.0. The molecule has 0 bridgehead atoms. The highest BCUT2D eigenvalue weighted by Crippen LogP contribution is 2.43. The molecule has 3 aromatic rings. The lowest BCUT2D eigenvalue weighted by Crippen LogP contribution is -2.39. The number of carboxylic acids is 1. The quantitative estimate of drug-likeness (QED) is 0.285. The van der Waals surface area contributed by atoms with Gasteiger partial charge in [-0.2, -0.15) is 0 Å². The van der Waals surface area contributed by atoms with Gasteiger partial charge in [0.05, 0.1) is 17.8 Å². The number of carbonyl (C=O) groups is 1. The van der Waals surface area contributed by atoms with Crippen molar-refractivity contribution in [1.29, 1.82) is 0 Å². The second kappa shape index (κ2) is 12.7. The second-order valence-electron chi connectivity index (χ2n) is 12.7. The number of nitrogens with zero attached hydrogens (tertiary/aromatic N) is 4. The fraction of sp³-hybridized carbons (Fsp3) is 0.485. The van der Waals surface area contributed by atoms with Crippen LogP contribution in [0.3, 0.4) is 0 Å². The summed E-state index contributed by atoms with van der Waals surface area (Å²) in [6, 6.07) is 9.89. The Morgan fingerprint density at radius 2 is 1.76 bits per heavy atom. The number of pyridine rings is 2. The van der Waals surface area contributed by atoms with E-state index in [-0.39, 0.29) is 11.2 Å². The lowest BCUT2D eigenvalue weighted by Gasteiger charge is -2.41. The first-order valence-electron chi connectivity index (χ1n) is 14.4. The van der Waals surface area contributed by atoms with Crippen molar-refractivity contribution in [3.05, 3.63) is 65.9 Å².